The number of para-hydroxylation sites is 4. The van der Waals surface area contributed by atoms with Gasteiger partial charge < -0.3 is 4.74 Å². The highest BCUT2D eigenvalue weighted by molar-refractivity contribution is 6.23. The number of anilines is 2. The maximum absolute atomic E-state index is 13.7. The van der Waals surface area contributed by atoms with Crippen molar-refractivity contribution in [1.82, 2.24) is 9.97 Å². The molecule has 37 heavy (non-hydrogen) atoms. The number of benzene rings is 3. The summed E-state index contributed by atoms with van der Waals surface area (Å²) in [5.41, 5.74) is 4.51. The number of rotatable bonds is 3. The average molecular weight is 488 g/mol. The number of aromatic nitrogens is 2. The van der Waals surface area contributed by atoms with Gasteiger partial charge in [0.25, 0.3) is 0 Å². The van der Waals surface area contributed by atoms with Gasteiger partial charge in [-0.1, -0.05) is 48.5 Å². The van der Waals surface area contributed by atoms with Gasteiger partial charge in [-0.05, 0) is 36.4 Å². The van der Waals surface area contributed by atoms with Gasteiger partial charge in [0.05, 0.1) is 70.3 Å². The van der Waals surface area contributed by atoms with Gasteiger partial charge in [-0.3, -0.25) is 19.6 Å². The van der Waals surface area contributed by atoms with E-state index in [1.807, 2.05) is 77.8 Å². The Morgan fingerprint density at radius 1 is 0.676 bits per heavy atom. The highest BCUT2D eigenvalue weighted by atomic mass is 16.5. The number of amides is 2. The molecule has 0 aliphatic carbocycles. The van der Waals surface area contributed by atoms with Crippen LogP contribution >= 0.6 is 0 Å². The van der Waals surface area contributed by atoms with Crippen molar-refractivity contribution in [2.45, 2.75) is 18.2 Å². The van der Waals surface area contributed by atoms with Crippen molar-refractivity contribution >= 4 is 39.9 Å². The minimum absolute atomic E-state index is 0.195. The van der Waals surface area contributed by atoms with Crippen LogP contribution in [0.3, 0.4) is 0 Å². The minimum Gasteiger partial charge on any atom is -0.370 e. The van der Waals surface area contributed by atoms with Gasteiger partial charge in [-0.25, -0.2) is 9.88 Å². The van der Waals surface area contributed by atoms with Crippen molar-refractivity contribution in [1.29, 1.82) is 0 Å². The zero-order valence-corrected chi connectivity index (χ0v) is 19.6. The molecule has 4 aliphatic heterocycles. The molecule has 3 saturated heterocycles. The summed E-state index contributed by atoms with van der Waals surface area (Å²) in [5.74, 6) is -1.70. The fraction of sp³-hybridized carbons (Fsp3) is 0.207. The summed E-state index contributed by atoms with van der Waals surface area (Å²) in [5, 5.41) is 7.01. The van der Waals surface area contributed by atoms with E-state index in [4.69, 9.17) is 14.8 Å². The summed E-state index contributed by atoms with van der Waals surface area (Å²) in [6, 6.07) is 26.5. The lowest BCUT2D eigenvalue weighted by molar-refractivity contribution is -0.125. The largest absolute Gasteiger partial charge is 0.370 e. The number of nitrogens with zero attached hydrogens (tertiary/aromatic N) is 5. The van der Waals surface area contributed by atoms with Crippen LogP contribution in [0.1, 0.15) is 5.69 Å². The molecule has 4 aliphatic rings. The van der Waals surface area contributed by atoms with E-state index in [1.54, 1.807) is 18.3 Å². The van der Waals surface area contributed by atoms with Crippen LogP contribution in [0.4, 0.5) is 11.4 Å². The Labute approximate surface area is 212 Å². The molecular formula is C29H21N5O3. The maximum Gasteiger partial charge on any atom is 0.240 e. The Morgan fingerprint density at radius 3 is 2.03 bits per heavy atom. The second-order valence-electron chi connectivity index (χ2n) is 9.89. The van der Waals surface area contributed by atoms with Crippen LogP contribution in [-0.2, 0) is 14.3 Å². The number of hydrogen-bond donors (Lipinski definition) is 0. The molecule has 8 nitrogen and oxygen atoms in total. The van der Waals surface area contributed by atoms with Crippen LogP contribution in [0.15, 0.2) is 96.2 Å². The zero-order valence-electron chi connectivity index (χ0n) is 19.6. The fourth-order valence-electron chi connectivity index (χ4n) is 6.56. The lowest BCUT2D eigenvalue weighted by Gasteiger charge is -2.32. The molecule has 0 unspecified atom stereocenters. The van der Waals surface area contributed by atoms with Crippen LogP contribution in [0, 0.1) is 17.8 Å². The fourth-order valence-corrected chi connectivity index (χ4v) is 6.56. The summed E-state index contributed by atoms with van der Waals surface area (Å²) >= 11 is 0. The molecule has 6 atom stereocenters. The van der Waals surface area contributed by atoms with E-state index >= 15 is 0 Å². The molecule has 2 amide bonds. The van der Waals surface area contributed by atoms with Gasteiger partial charge in [0, 0.05) is 0 Å². The molecular weight excluding hydrogens is 466 g/mol. The quantitative estimate of drug-likeness (QED) is 0.412. The predicted molar refractivity (Wildman–Crippen MR) is 137 cm³/mol. The topological polar surface area (TPSA) is 88.0 Å². The molecule has 3 fully saturated rings. The standard InChI is InChI=1S/C29H21N5O3/c35-28-21-22(29(36)33(28)16-9-3-1-4-10-16)27-25-23(26(21)37-27)24(32-34(25)17-11-5-2-6-12-17)20-15-30-18-13-7-8-14-19(18)31-20/h1-15,21-23,25-27H/t21-,22+,23+,25-,26-,27+/m1/s1. The number of carbonyl (C=O) groups excluding carboxylic acids is 2. The molecule has 3 aromatic carbocycles. The number of hydrogen-bond acceptors (Lipinski definition) is 7. The maximum atomic E-state index is 13.7. The molecule has 0 N–H and O–H groups in total. The van der Waals surface area contributed by atoms with Crippen LogP contribution in [-0.4, -0.2) is 45.7 Å². The molecule has 8 rings (SSSR count). The summed E-state index contributed by atoms with van der Waals surface area (Å²) in [4.78, 5) is 38.2. The van der Waals surface area contributed by atoms with Gasteiger partial charge in [-0.15, -0.1) is 0 Å². The number of hydrazone groups is 1. The third-order valence-corrected chi connectivity index (χ3v) is 8.04. The summed E-state index contributed by atoms with van der Waals surface area (Å²) in [7, 11) is 0. The Morgan fingerprint density at radius 2 is 1.30 bits per heavy atom. The van der Waals surface area contributed by atoms with Gasteiger partial charge in [0.1, 0.15) is 5.69 Å². The number of fused-ring (bicyclic) bond motifs is 9. The molecule has 0 radical (unpaired) electrons. The Hall–Kier alpha value is -4.43. The summed E-state index contributed by atoms with van der Waals surface area (Å²) in [6.45, 7) is 0. The SMILES string of the molecule is O=C1[C@@H]2[C@@H]3O[C@@H]([C@H]4C(c5cnc6ccccc6n5)=NN(c5ccccc5)[C@@H]34)[C@@H]2C(=O)N1c1ccccc1. The highest BCUT2D eigenvalue weighted by Gasteiger charge is 2.72. The normalized spacial score (nSPS) is 29.7. The van der Waals surface area contributed by atoms with E-state index in [-0.39, 0.29) is 23.8 Å². The van der Waals surface area contributed by atoms with Crippen LogP contribution in [0.2, 0.25) is 0 Å². The smallest absolute Gasteiger partial charge is 0.240 e. The number of carbonyl (C=O) groups is 2. The summed E-state index contributed by atoms with van der Waals surface area (Å²) < 4.78 is 6.48. The van der Waals surface area contributed by atoms with Crippen LogP contribution < -0.4 is 9.91 Å². The van der Waals surface area contributed by atoms with Crippen LogP contribution in [0.25, 0.3) is 11.0 Å². The molecule has 5 heterocycles. The average Bonchev–Trinajstić information content (AvgIpc) is 3.68. The Bertz CT molecular complexity index is 1610. The van der Waals surface area contributed by atoms with Crippen molar-refractivity contribution in [3.63, 3.8) is 0 Å². The predicted octanol–water partition coefficient (Wildman–Crippen LogP) is 3.43. The van der Waals surface area contributed by atoms with Crippen LogP contribution in [0.5, 0.6) is 0 Å². The molecule has 2 bridgehead atoms. The first-order chi connectivity index (χ1) is 18.2. The van der Waals surface area contributed by atoms with Gasteiger partial charge in [0.2, 0.25) is 11.8 Å². The van der Waals surface area contributed by atoms with E-state index in [0.717, 1.165) is 22.4 Å². The Balaban J connectivity index is 1.25. The first kappa shape index (κ1) is 20.7. The van der Waals surface area contributed by atoms with Gasteiger partial charge in [-0.2, -0.15) is 5.10 Å². The number of ether oxygens (including phenoxy) is 1. The van der Waals surface area contributed by atoms with E-state index in [2.05, 4.69) is 4.98 Å². The highest BCUT2D eigenvalue weighted by Crippen LogP contribution is 2.56. The van der Waals surface area contributed by atoms with Crippen molar-refractivity contribution in [2.75, 3.05) is 9.91 Å². The Kier molecular flexibility index (Phi) is 4.22. The van der Waals surface area contributed by atoms with Gasteiger partial charge >= 0.3 is 0 Å². The van der Waals surface area contributed by atoms with E-state index in [0.29, 0.717) is 11.4 Å². The zero-order chi connectivity index (χ0) is 24.7. The second-order valence-corrected chi connectivity index (χ2v) is 9.89. The van der Waals surface area contributed by atoms with Crippen molar-refractivity contribution in [2.24, 2.45) is 22.9 Å². The van der Waals surface area contributed by atoms with E-state index in [1.165, 1.54) is 4.90 Å². The van der Waals surface area contributed by atoms with E-state index < -0.39 is 24.0 Å². The second kappa shape index (κ2) is 7.54. The summed E-state index contributed by atoms with van der Waals surface area (Å²) in [6.07, 6.45) is 0.819. The van der Waals surface area contributed by atoms with Gasteiger partial charge in [0.15, 0.2) is 0 Å². The lowest BCUT2D eigenvalue weighted by atomic mass is 9.70. The number of imide groups is 1. The molecule has 8 heteroatoms. The van der Waals surface area contributed by atoms with Crippen molar-refractivity contribution in [3.05, 3.63) is 96.8 Å². The molecule has 0 saturated carbocycles. The first-order valence-corrected chi connectivity index (χ1v) is 12.4. The molecule has 4 aromatic rings. The van der Waals surface area contributed by atoms with Crippen molar-refractivity contribution in [3.8, 4) is 0 Å². The molecule has 180 valence electrons. The monoisotopic (exact) mass is 487 g/mol. The van der Waals surface area contributed by atoms with E-state index in [9.17, 15) is 9.59 Å². The molecule has 1 aromatic heterocycles. The lowest BCUT2D eigenvalue weighted by Crippen LogP contribution is -2.50. The first-order valence-electron chi connectivity index (χ1n) is 12.4. The van der Waals surface area contributed by atoms with Crippen molar-refractivity contribution < 1.29 is 14.3 Å². The third-order valence-electron chi connectivity index (χ3n) is 8.04. The third kappa shape index (κ3) is 2.78. The minimum atomic E-state index is -0.548. The molecule has 0 spiro atoms.